The van der Waals surface area contributed by atoms with E-state index in [9.17, 15) is 0 Å². The Morgan fingerprint density at radius 3 is 1.73 bits per heavy atom. The quantitative estimate of drug-likeness (QED) is 0.267. The van der Waals surface area contributed by atoms with Crippen LogP contribution in [0.3, 0.4) is 0 Å². The van der Waals surface area contributed by atoms with E-state index in [1.54, 1.807) is 0 Å². The summed E-state index contributed by atoms with van der Waals surface area (Å²) >= 11 is 0. The van der Waals surface area contributed by atoms with Crippen molar-refractivity contribution < 1.29 is 9.47 Å². The summed E-state index contributed by atoms with van der Waals surface area (Å²) in [7, 11) is 0. The summed E-state index contributed by atoms with van der Waals surface area (Å²) < 4.78 is 11.0. The average molecular weight is 311 g/mol. The molecule has 2 heteroatoms. The van der Waals surface area contributed by atoms with Crippen LogP contribution in [0.4, 0.5) is 0 Å². The molecule has 0 spiro atoms. The molecule has 0 fully saturated rings. The van der Waals surface area contributed by atoms with Gasteiger partial charge in [0.25, 0.3) is 0 Å². The van der Waals surface area contributed by atoms with Crippen LogP contribution in [0.5, 0.6) is 0 Å². The molecule has 1 heterocycles. The van der Waals surface area contributed by atoms with Gasteiger partial charge in [0.1, 0.15) is 0 Å². The Bertz CT molecular complexity index is 283. The van der Waals surface area contributed by atoms with E-state index in [-0.39, 0.29) is 0 Å². The fourth-order valence-electron chi connectivity index (χ4n) is 2.82. The summed E-state index contributed by atoms with van der Waals surface area (Å²) in [4.78, 5) is 0. The van der Waals surface area contributed by atoms with E-state index < -0.39 is 0 Å². The Morgan fingerprint density at radius 1 is 0.636 bits per heavy atom. The third kappa shape index (κ3) is 11.0. The van der Waals surface area contributed by atoms with Crippen LogP contribution in [-0.2, 0) is 9.47 Å². The fraction of sp³-hybridized carbons (Fsp3) is 0.900. The third-order valence-electron chi connectivity index (χ3n) is 4.39. The molecule has 0 saturated heterocycles. The summed E-state index contributed by atoms with van der Waals surface area (Å²) in [6, 6.07) is 0. The summed E-state index contributed by atoms with van der Waals surface area (Å²) in [5.74, 6) is 1.96. The van der Waals surface area contributed by atoms with Crippen LogP contribution in [0.2, 0.25) is 0 Å². The lowest BCUT2D eigenvalue weighted by Crippen LogP contribution is -1.88. The van der Waals surface area contributed by atoms with Crippen molar-refractivity contribution in [2.24, 2.45) is 0 Å². The Kier molecular flexibility index (Phi) is 12.3. The molecule has 1 rings (SSSR count). The van der Waals surface area contributed by atoms with Crippen LogP contribution in [0, 0.1) is 0 Å². The van der Waals surface area contributed by atoms with Gasteiger partial charge in [0.2, 0.25) is 0 Å². The SMILES string of the molecule is CCCCCCCCCCCCC1=C(OCCCCCC)O1. The number of ether oxygens (including phenoxy) is 2. The highest BCUT2D eigenvalue weighted by Gasteiger charge is 2.26. The Morgan fingerprint density at radius 2 is 1.14 bits per heavy atom. The summed E-state index contributed by atoms with van der Waals surface area (Å²) in [6.45, 7) is 5.34. The van der Waals surface area contributed by atoms with Crippen molar-refractivity contribution in [3.8, 4) is 0 Å². The molecular weight excluding hydrogens is 272 g/mol. The minimum Gasteiger partial charge on any atom is -0.463 e. The van der Waals surface area contributed by atoms with Crippen LogP contribution in [0.15, 0.2) is 11.7 Å². The van der Waals surface area contributed by atoms with E-state index in [2.05, 4.69) is 13.8 Å². The van der Waals surface area contributed by atoms with Crippen molar-refractivity contribution in [1.29, 1.82) is 0 Å². The van der Waals surface area contributed by atoms with Crippen LogP contribution < -0.4 is 0 Å². The zero-order chi connectivity index (χ0) is 15.9. The number of hydrogen-bond acceptors (Lipinski definition) is 2. The van der Waals surface area contributed by atoms with E-state index in [4.69, 9.17) is 9.47 Å². The maximum Gasteiger partial charge on any atom is 0.325 e. The monoisotopic (exact) mass is 310 g/mol. The molecule has 130 valence electrons. The van der Waals surface area contributed by atoms with Gasteiger partial charge in [-0.3, -0.25) is 0 Å². The Labute approximate surface area is 138 Å². The van der Waals surface area contributed by atoms with Crippen LogP contribution >= 0.6 is 0 Å². The predicted octanol–water partition coefficient (Wildman–Crippen LogP) is 7.09. The van der Waals surface area contributed by atoms with Crippen molar-refractivity contribution >= 4 is 0 Å². The summed E-state index contributed by atoms with van der Waals surface area (Å²) in [5, 5.41) is 0. The average Bonchev–Trinajstić information content (AvgIpc) is 3.27. The lowest BCUT2D eigenvalue weighted by molar-refractivity contribution is 0.149. The summed E-state index contributed by atoms with van der Waals surface area (Å²) in [6.07, 6.45) is 20.0. The number of unbranched alkanes of at least 4 members (excludes halogenated alkanes) is 12. The normalized spacial score (nSPS) is 13.4. The van der Waals surface area contributed by atoms with Crippen molar-refractivity contribution in [1.82, 2.24) is 0 Å². The van der Waals surface area contributed by atoms with Crippen molar-refractivity contribution in [2.75, 3.05) is 6.61 Å². The number of allylic oxidation sites excluding steroid dienone is 1. The van der Waals surface area contributed by atoms with Gasteiger partial charge < -0.3 is 9.47 Å². The smallest absolute Gasteiger partial charge is 0.325 e. The number of hydrogen-bond donors (Lipinski definition) is 0. The topological polar surface area (TPSA) is 21.8 Å². The largest absolute Gasteiger partial charge is 0.463 e. The molecule has 0 aromatic rings. The molecule has 0 saturated carbocycles. The van der Waals surface area contributed by atoms with E-state index in [0.717, 1.165) is 31.2 Å². The Hall–Kier alpha value is -0.660. The molecule has 0 aliphatic carbocycles. The molecule has 0 atom stereocenters. The van der Waals surface area contributed by atoms with Gasteiger partial charge >= 0.3 is 5.95 Å². The van der Waals surface area contributed by atoms with Gasteiger partial charge in [-0.05, 0) is 12.8 Å². The molecule has 1 aliphatic rings. The van der Waals surface area contributed by atoms with Gasteiger partial charge in [-0.15, -0.1) is 0 Å². The van der Waals surface area contributed by atoms with Gasteiger partial charge in [-0.1, -0.05) is 90.9 Å². The molecule has 2 nitrogen and oxygen atoms in total. The van der Waals surface area contributed by atoms with E-state index in [0.29, 0.717) is 0 Å². The van der Waals surface area contributed by atoms with Crippen LogP contribution in [-0.4, -0.2) is 6.61 Å². The first-order valence-electron chi connectivity index (χ1n) is 9.92. The van der Waals surface area contributed by atoms with Crippen molar-refractivity contribution in [3.05, 3.63) is 11.7 Å². The lowest BCUT2D eigenvalue weighted by atomic mass is 10.1. The molecule has 0 N–H and O–H groups in total. The molecule has 0 aromatic heterocycles. The van der Waals surface area contributed by atoms with Gasteiger partial charge in [0, 0.05) is 6.42 Å². The fourth-order valence-corrected chi connectivity index (χ4v) is 2.82. The van der Waals surface area contributed by atoms with Gasteiger partial charge in [0.05, 0.1) is 6.61 Å². The minimum absolute atomic E-state index is 0.830. The molecule has 0 amide bonds. The van der Waals surface area contributed by atoms with Crippen molar-refractivity contribution in [3.63, 3.8) is 0 Å². The predicted molar refractivity (Wildman–Crippen MR) is 94.7 cm³/mol. The first kappa shape index (κ1) is 19.4. The second kappa shape index (κ2) is 14.0. The molecule has 0 bridgehead atoms. The van der Waals surface area contributed by atoms with Gasteiger partial charge in [-0.2, -0.15) is 0 Å². The number of rotatable bonds is 17. The zero-order valence-corrected chi connectivity index (χ0v) is 15.1. The van der Waals surface area contributed by atoms with Crippen LogP contribution in [0.25, 0.3) is 0 Å². The first-order valence-corrected chi connectivity index (χ1v) is 9.92. The van der Waals surface area contributed by atoms with E-state index >= 15 is 0 Å². The molecule has 0 unspecified atom stereocenters. The van der Waals surface area contributed by atoms with E-state index in [1.165, 1.54) is 83.5 Å². The first-order chi connectivity index (χ1) is 10.9. The summed E-state index contributed by atoms with van der Waals surface area (Å²) in [5.41, 5.74) is 0. The molecule has 22 heavy (non-hydrogen) atoms. The van der Waals surface area contributed by atoms with Gasteiger partial charge in [-0.25, -0.2) is 0 Å². The lowest BCUT2D eigenvalue weighted by Gasteiger charge is -2.00. The van der Waals surface area contributed by atoms with E-state index in [1.807, 2.05) is 0 Å². The third-order valence-corrected chi connectivity index (χ3v) is 4.39. The highest BCUT2D eigenvalue weighted by Crippen LogP contribution is 2.32. The molecular formula is C20H38O2. The second-order valence-electron chi connectivity index (χ2n) is 6.65. The maximum absolute atomic E-state index is 5.61. The Balaban J connectivity index is 1.78. The second-order valence-corrected chi connectivity index (χ2v) is 6.65. The van der Waals surface area contributed by atoms with Crippen molar-refractivity contribution in [2.45, 2.75) is 110 Å². The zero-order valence-electron chi connectivity index (χ0n) is 15.1. The highest BCUT2D eigenvalue weighted by atomic mass is 16.7. The standard InChI is InChI=1S/C20H38O2/c1-3-5-7-9-10-11-12-13-14-15-17-19-20(22-19)21-18-16-8-6-4-2/h3-18H2,1-2H3. The molecule has 0 radical (unpaired) electrons. The molecule has 1 aliphatic heterocycles. The van der Waals surface area contributed by atoms with Gasteiger partial charge in [0.15, 0.2) is 5.76 Å². The minimum atomic E-state index is 0.830. The molecule has 0 aromatic carbocycles. The van der Waals surface area contributed by atoms with Crippen LogP contribution in [0.1, 0.15) is 110 Å². The maximum atomic E-state index is 5.61. The highest BCUT2D eigenvalue weighted by molar-refractivity contribution is 5.10.